The first kappa shape index (κ1) is 13.2. The van der Waals surface area contributed by atoms with Gasteiger partial charge in [0.2, 0.25) is 0 Å². The van der Waals surface area contributed by atoms with Crippen molar-refractivity contribution >= 4 is 19.1 Å². The monoisotopic (exact) mass is 289 g/mol. The molecule has 0 bridgehead atoms. The quantitative estimate of drug-likeness (QED) is 0.758. The van der Waals surface area contributed by atoms with Gasteiger partial charge in [-0.2, -0.15) is 0 Å². The summed E-state index contributed by atoms with van der Waals surface area (Å²) >= 11 is 0. The fourth-order valence-corrected chi connectivity index (χ4v) is 4.22. The molecule has 0 amide bonds. The van der Waals surface area contributed by atoms with Crippen LogP contribution in [0.5, 0.6) is 5.75 Å². The number of hydrogen-bond donors (Lipinski definition) is 0. The molecule has 0 saturated heterocycles. The van der Waals surface area contributed by atoms with Crippen LogP contribution in [0.15, 0.2) is 42.5 Å². The van der Waals surface area contributed by atoms with Gasteiger partial charge in [0, 0.05) is 7.11 Å². The second kappa shape index (κ2) is 4.65. The predicted octanol–water partition coefficient (Wildman–Crippen LogP) is 4.59. The molecule has 2 aromatic carbocycles. The van der Waals surface area contributed by atoms with Crippen LogP contribution in [0.2, 0.25) is 0 Å². The van der Waals surface area contributed by atoms with Crippen molar-refractivity contribution in [3.05, 3.63) is 53.6 Å². The van der Waals surface area contributed by atoms with E-state index < -0.39 is 7.75 Å². The van der Waals surface area contributed by atoms with E-state index in [0.29, 0.717) is 5.75 Å². The number of fused-ring (bicyclic) bond motifs is 1. The lowest BCUT2D eigenvalue weighted by molar-refractivity contribution is 0.330. The molecule has 4 nitrogen and oxygen atoms in total. The van der Waals surface area contributed by atoms with Crippen LogP contribution in [0.25, 0.3) is 0 Å². The smallest absolute Gasteiger partial charge is 0.406 e. The number of nitrogens with zero attached hydrogens (tertiary/aromatic N) is 1. The van der Waals surface area contributed by atoms with Gasteiger partial charge < -0.3 is 4.52 Å². The van der Waals surface area contributed by atoms with Gasteiger partial charge in [0.1, 0.15) is 0 Å². The molecule has 1 heterocycles. The highest BCUT2D eigenvalue weighted by atomic mass is 31.2. The fraction of sp³-hybridized carbons (Fsp3) is 0.200. The van der Waals surface area contributed by atoms with Crippen LogP contribution in [-0.2, 0) is 9.09 Å². The molecular weight excluding hydrogens is 273 g/mol. The number of rotatable bonds is 2. The van der Waals surface area contributed by atoms with E-state index in [1.54, 1.807) is 10.7 Å². The zero-order valence-electron chi connectivity index (χ0n) is 11.7. The molecule has 104 valence electrons. The Hall–Kier alpha value is -1.77. The molecule has 0 aliphatic carbocycles. The molecule has 0 fully saturated rings. The van der Waals surface area contributed by atoms with Crippen molar-refractivity contribution in [3.8, 4) is 5.75 Å². The van der Waals surface area contributed by atoms with Gasteiger partial charge in [-0.1, -0.05) is 30.3 Å². The average molecular weight is 289 g/mol. The Bertz CT molecular complexity index is 694. The lowest BCUT2D eigenvalue weighted by Crippen LogP contribution is -2.14. The molecule has 20 heavy (non-hydrogen) atoms. The molecule has 0 spiro atoms. The molecule has 0 aromatic heterocycles. The average Bonchev–Trinajstić information content (AvgIpc) is 2.73. The molecule has 0 saturated carbocycles. The van der Waals surface area contributed by atoms with Gasteiger partial charge in [0.15, 0.2) is 5.75 Å². The zero-order valence-corrected chi connectivity index (χ0v) is 12.6. The largest absolute Gasteiger partial charge is 0.493 e. The van der Waals surface area contributed by atoms with Crippen LogP contribution in [0, 0.1) is 13.8 Å². The minimum absolute atomic E-state index is 0.584. The van der Waals surface area contributed by atoms with E-state index in [0.717, 1.165) is 22.5 Å². The van der Waals surface area contributed by atoms with Crippen molar-refractivity contribution < 1.29 is 13.6 Å². The van der Waals surface area contributed by atoms with E-state index in [4.69, 9.17) is 9.05 Å². The summed E-state index contributed by atoms with van der Waals surface area (Å²) in [6.45, 7) is 3.98. The first-order valence-electron chi connectivity index (χ1n) is 6.38. The summed E-state index contributed by atoms with van der Waals surface area (Å²) in [5, 5.41) is 0. The number of para-hydroxylation sites is 3. The first-order valence-corrected chi connectivity index (χ1v) is 7.87. The molecule has 1 aliphatic rings. The van der Waals surface area contributed by atoms with Crippen LogP contribution < -0.4 is 9.19 Å². The summed E-state index contributed by atoms with van der Waals surface area (Å²) < 4.78 is 25.4. The molecule has 0 radical (unpaired) electrons. The van der Waals surface area contributed by atoms with Crippen LogP contribution in [0.3, 0.4) is 0 Å². The van der Waals surface area contributed by atoms with Crippen molar-refractivity contribution in [2.45, 2.75) is 13.8 Å². The van der Waals surface area contributed by atoms with Gasteiger partial charge in [-0.3, -0.25) is 4.52 Å². The van der Waals surface area contributed by atoms with Crippen molar-refractivity contribution in [2.75, 3.05) is 11.8 Å². The summed E-state index contributed by atoms with van der Waals surface area (Å²) in [5.41, 5.74) is 3.71. The minimum Gasteiger partial charge on any atom is -0.406 e. The third-order valence-corrected chi connectivity index (χ3v) is 5.23. The van der Waals surface area contributed by atoms with Crippen LogP contribution in [0.1, 0.15) is 11.1 Å². The van der Waals surface area contributed by atoms with Crippen molar-refractivity contribution in [1.82, 2.24) is 0 Å². The minimum atomic E-state index is -3.39. The summed E-state index contributed by atoms with van der Waals surface area (Å²) in [6.07, 6.45) is 0. The molecule has 1 atom stereocenters. The maximum atomic E-state index is 13.0. The molecule has 5 heteroatoms. The molecule has 3 rings (SSSR count). The zero-order chi connectivity index (χ0) is 14.3. The maximum absolute atomic E-state index is 13.0. The third kappa shape index (κ3) is 1.84. The molecular formula is C15H16NO3P. The molecule has 1 unspecified atom stereocenters. The maximum Gasteiger partial charge on any atom is 0.493 e. The van der Waals surface area contributed by atoms with Gasteiger partial charge in [-0.05, 0) is 37.1 Å². The second-order valence-corrected chi connectivity index (χ2v) is 6.65. The van der Waals surface area contributed by atoms with Crippen molar-refractivity contribution in [1.29, 1.82) is 0 Å². The Morgan fingerprint density at radius 1 is 1.05 bits per heavy atom. The summed E-state index contributed by atoms with van der Waals surface area (Å²) in [7, 11) is -1.98. The number of benzene rings is 2. The van der Waals surface area contributed by atoms with Gasteiger partial charge in [0.05, 0.1) is 11.4 Å². The predicted molar refractivity (Wildman–Crippen MR) is 79.7 cm³/mol. The molecule has 0 N–H and O–H groups in total. The van der Waals surface area contributed by atoms with Gasteiger partial charge in [0.25, 0.3) is 0 Å². The van der Waals surface area contributed by atoms with E-state index in [9.17, 15) is 4.57 Å². The molecule has 1 aliphatic heterocycles. The number of aryl methyl sites for hydroxylation is 2. The van der Waals surface area contributed by atoms with E-state index in [1.807, 2.05) is 50.2 Å². The van der Waals surface area contributed by atoms with E-state index >= 15 is 0 Å². The van der Waals surface area contributed by atoms with Gasteiger partial charge in [-0.25, -0.2) is 9.24 Å². The van der Waals surface area contributed by atoms with Crippen molar-refractivity contribution in [3.63, 3.8) is 0 Å². The normalized spacial score (nSPS) is 20.6. The third-order valence-electron chi connectivity index (χ3n) is 3.43. The van der Waals surface area contributed by atoms with E-state index in [2.05, 4.69) is 0 Å². The second-order valence-electron chi connectivity index (χ2n) is 4.76. The Morgan fingerprint density at radius 3 is 2.35 bits per heavy atom. The lowest BCUT2D eigenvalue weighted by Gasteiger charge is -2.25. The van der Waals surface area contributed by atoms with E-state index in [-0.39, 0.29) is 0 Å². The fourth-order valence-electron chi connectivity index (χ4n) is 2.51. The summed E-state index contributed by atoms with van der Waals surface area (Å²) in [6, 6.07) is 13.4. The number of hydrogen-bond acceptors (Lipinski definition) is 3. The highest BCUT2D eigenvalue weighted by Crippen LogP contribution is 2.65. The molecule has 2 aromatic rings. The Balaban J connectivity index is 2.27. The van der Waals surface area contributed by atoms with E-state index in [1.165, 1.54) is 7.11 Å². The number of anilines is 2. The first-order chi connectivity index (χ1) is 9.57. The summed E-state index contributed by atoms with van der Waals surface area (Å²) in [4.78, 5) is 0. The van der Waals surface area contributed by atoms with Crippen molar-refractivity contribution in [2.24, 2.45) is 0 Å². The Kier molecular flexibility index (Phi) is 3.08. The Morgan fingerprint density at radius 2 is 1.70 bits per heavy atom. The SMILES string of the molecule is COP1(=O)Oc2ccccc2N1c1c(C)cccc1C. The topological polar surface area (TPSA) is 38.8 Å². The van der Waals surface area contributed by atoms with Gasteiger partial charge in [-0.15, -0.1) is 0 Å². The highest BCUT2D eigenvalue weighted by molar-refractivity contribution is 7.57. The summed E-state index contributed by atoms with van der Waals surface area (Å²) in [5.74, 6) is 0.584. The standard InChI is InChI=1S/C15H16NO3P/c1-11-7-6-8-12(2)15(11)16-13-9-4-5-10-14(13)19-20(16,17)18-3/h4-10H,1-3H3. The van der Waals surface area contributed by atoms with Crippen LogP contribution >= 0.6 is 7.75 Å². The Labute approximate surface area is 118 Å². The highest BCUT2D eigenvalue weighted by Gasteiger charge is 2.44. The van der Waals surface area contributed by atoms with Crippen LogP contribution in [-0.4, -0.2) is 7.11 Å². The van der Waals surface area contributed by atoms with Crippen LogP contribution in [0.4, 0.5) is 11.4 Å². The van der Waals surface area contributed by atoms with Gasteiger partial charge >= 0.3 is 7.75 Å². The lowest BCUT2D eigenvalue weighted by atomic mass is 10.1.